The van der Waals surface area contributed by atoms with Gasteiger partial charge in [0.05, 0.1) is 4.34 Å². The number of hydrogen-bond donors (Lipinski definition) is 1. The van der Waals surface area contributed by atoms with Gasteiger partial charge in [0.25, 0.3) is 0 Å². The zero-order valence-corrected chi connectivity index (χ0v) is 10.6. The van der Waals surface area contributed by atoms with Crippen molar-refractivity contribution in [2.75, 3.05) is 26.2 Å². The highest BCUT2D eigenvalue weighted by Crippen LogP contribution is 2.32. The summed E-state index contributed by atoms with van der Waals surface area (Å²) in [4.78, 5) is 3.96. The Morgan fingerprint density at radius 2 is 2.20 bits per heavy atom. The van der Waals surface area contributed by atoms with Gasteiger partial charge in [0.1, 0.15) is 0 Å². The molecular weight excluding hydrogens is 228 g/mol. The molecule has 1 aromatic rings. The maximum absolute atomic E-state index is 5.99. The van der Waals surface area contributed by atoms with Crippen molar-refractivity contribution in [1.29, 1.82) is 0 Å². The van der Waals surface area contributed by atoms with E-state index in [4.69, 9.17) is 11.6 Å². The van der Waals surface area contributed by atoms with E-state index in [0.29, 0.717) is 6.04 Å². The summed E-state index contributed by atoms with van der Waals surface area (Å²) in [5.74, 6) is 0. The number of halogens is 1. The van der Waals surface area contributed by atoms with Crippen molar-refractivity contribution < 1.29 is 0 Å². The van der Waals surface area contributed by atoms with Crippen LogP contribution >= 0.6 is 22.9 Å². The van der Waals surface area contributed by atoms with Crippen LogP contribution in [0.25, 0.3) is 0 Å². The van der Waals surface area contributed by atoms with Crippen molar-refractivity contribution in [3.8, 4) is 0 Å². The predicted molar refractivity (Wildman–Crippen MR) is 66.8 cm³/mol. The molecule has 1 N–H and O–H groups in total. The van der Waals surface area contributed by atoms with E-state index < -0.39 is 0 Å². The lowest BCUT2D eigenvalue weighted by Gasteiger charge is -2.33. The monoisotopic (exact) mass is 244 g/mol. The summed E-state index contributed by atoms with van der Waals surface area (Å²) in [6.45, 7) is 6.76. The number of rotatable bonds is 3. The molecule has 1 aliphatic rings. The first kappa shape index (κ1) is 11.4. The predicted octanol–water partition coefficient (Wildman–Crippen LogP) is 2.76. The van der Waals surface area contributed by atoms with E-state index in [1.54, 1.807) is 11.3 Å². The number of thiophene rings is 1. The fraction of sp³-hybridized carbons (Fsp3) is 0.636. The van der Waals surface area contributed by atoms with Crippen LogP contribution in [0.5, 0.6) is 0 Å². The van der Waals surface area contributed by atoms with Crippen LogP contribution in [0.3, 0.4) is 0 Å². The second-order valence-corrected chi connectivity index (χ2v) is 5.60. The summed E-state index contributed by atoms with van der Waals surface area (Å²) in [6.07, 6.45) is 1.16. The van der Waals surface area contributed by atoms with Gasteiger partial charge in [-0.25, -0.2) is 0 Å². The van der Waals surface area contributed by atoms with Crippen LogP contribution in [0, 0.1) is 0 Å². The molecule has 0 amide bonds. The standard InChI is InChI=1S/C11H17ClN2S/c1-2-9(10-3-4-11(12)15-10)14-7-5-13-6-8-14/h3-4,9,13H,2,5-8H2,1H3/t9-/m1/s1. The lowest BCUT2D eigenvalue weighted by atomic mass is 10.1. The first-order valence-corrected chi connectivity index (χ1v) is 6.70. The molecule has 0 radical (unpaired) electrons. The molecule has 1 aromatic heterocycles. The molecule has 1 saturated heterocycles. The van der Waals surface area contributed by atoms with Gasteiger partial charge in [-0.15, -0.1) is 11.3 Å². The normalized spacial score (nSPS) is 20.4. The van der Waals surface area contributed by atoms with E-state index in [9.17, 15) is 0 Å². The Morgan fingerprint density at radius 1 is 1.47 bits per heavy atom. The van der Waals surface area contributed by atoms with E-state index in [1.807, 2.05) is 6.07 Å². The second-order valence-electron chi connectivity index (χ2n) is 3.85. The SMILES string of the molecule is CC[C@H](c1ccc(Cl)s1)N1CCNCC1. The minimum atomic E-state index is 0.560. The van der Waals surface area contributed by atoms with Crippen LogP contribution in [-0.2, 0) is 0 Å². The molecule has 0 spiro atoms. The molecule has 1 aliphatic heterocycles. The lowest BCUT2D eigenvalue weighted by Crippen LogP contribution is -2.44. The van der Waals surface area contributed by atoms with E-state index in [0.717, 1.165) is 36.9 Å². The van der Waals surface area contributed by atoms with Crippen molar-refractivity contribution in [1.82, 2.24) is 10.2 Å². The van der Waals surface area contributed by atoms with Gasteiger partial charge in [-0.2, -0.15) is 0 Å². The molecule has 4 heteroatoms. The highest BCUT2D eigenvalue weighted by atomic mass is 35.5. The summed E-state index contributed by atoms with van der Waals surface area (Å²) in [5, 5.41) is 3.39. The fourth-order valence-corrected chi connectivity index (χ4v) is 3.42. The Kier molecular flexibility index (Phi) is 4.03. The Hall–Kier alpha value is -0.0900. The number of nitrogens with one attached hydrogen (secondary N) is 1. The third kappa shape index (κ3) is 2.72. The molecule has 2 nitrogen and oxygen atoms in total. The van der Waals surface area contributed by atoms with Gasteiger partial charge < -0.3 is 5.32 Å². The Bertz CT molecular complexity index is 307. The van der Waals surface area contributed by atoms with Crippen LogP contribution < -0.4 is 5.32 Å². The average Bonchev–Trinajstić information content (AvgIpc) is 2.68. The zero-order chi connectivity index (χ0) is 10.7. The Labute approximate surface area is 100 Å². The van der Waals surface area contributed by atoms with Gasteiger partial charge in [0, 0.05) is 37.1 Å². The molecule has 0 bridgehead atoms. The van der Waals surface area contributed by atoms with Crippen LogP contribution in [0.4, 0.5) is 0 Å². The summed E-state index contributed by atoms with van der Waals surface area (Å²) in [6, 6.07) is 4.74. The molecule has 0 aliphatic carbocycles. The fourth-order valence-electron chi connectivity index (χ4n) is 2.14. The smallest absolute Gasteiger partial charge is 0.0931 e. The van der Waals surface area contributed by atoms with Crippen molar-refractivity contribution in [2.45, 2.75) is 19.4 Å². The maximum Gasteiger partial charge on any atom is 0.0931 e. The molecule has 0 saturated carbocycles. The molecule has 2 heterocycles. The molecule has 1 fully saturated rings. The van der Waals surface area contributed by atoms with Gasteiger partial charge in [0.2, 0.25) is 0 Å². The summed E-state index contributed by atoms with van der Waals surface area (Å²) in [7, 11) is 0. The quantitative estimate of drug-likeness (QED) is 0.880. The summed E-state index contributed by atoms with van der Waals surface area (Å²) >= 11 is 7.71. The Morgan fingerprint density at radius 3 is 2.73 bits per heavy atom. The second kappa shape index (κ2) is 5.30. The number of nitrogens with zero attached hydrogens (tertiary/aromatic N) is 1. The summed E-state index contributed by atoms with van der Waals surface area (Å²) in [5.41, 5.74) is 0. The molecular formula is C11H17ClN2S. The molecule has 0 aromatic carbocycles. The van der Waals surface area contributed by atoms with Crippen molar-refractivity contribution in [3.05, 3.63) is 21.3 Å². The molecule has 2 rings (SSSR count). The third-order valence-corrected chi connectivity index (χ3v) is 4.23. The topological polar surface area (TPSA) is 15.3 Å². The van der Waals surface area contributed by atoms with Crippen LogP contribution in [-0.4, -0.2) is 31.1 Å². The largest absolute Gasteiger partial charge is 0.314 e. The first-order chi connectivity index (χ1) is 7.31. The minimum Gasteiger partial charge on any atom is -0.314 e. The van der Waals surface area contributed by atoms with Gasteiger partial charge in [-0.3, -0.25) is 4.90 Å². The average molecular weight is 245 g/mol. The van der Waals surface area contributed by atoms with Crippen LogP contribution in [0.2, 0.25) is 4.34 Å². The van der Waals surface area contributed by atoms with Gasteiger partial charge in [-0.05, 0) is 18.6 Å². The number of piperazine rings is 1. The summed E-state index contributed by atoms with van der Waals surface area (Å²) < 4.78 is 0.901. The zero-order valence-electron chi connectivity index (χ0n) is 9.00. The third-order valence-electron chi connectivity index (χ3n) is 2.90. The highest BCUT2D eigenvalue weighted by molar-refractivity contribution is 7.16. The molecule has 1 atom stereocenters. The van der Waals surface area contributed by atoms with Crippen molar-refractivity contribution in [2.24, 2.45) is 0 Å². The maximum atomic E-state index is 5.99. The van der Waals surface area contributed by atoms with E-state index >= 15 is 0 Å². The number of hydrogen-bond acceptors (Lipinski definition) is 3. The Balaban J connectivity index is 2.08. The van der Waals surface area contributed by atoms with Gasteiger partial charge >= 0.3 is 0 Å². The molecule has 0 unspecified atom stereocenters. The first-order valence-electron chi connectivity index (χ1n) is 5.51. The van der Waals surface area contributed by atoms with E-state index in [-0.39, 0.29) is 0 Å². The van der Waals surface area contributed by atoms with Crippen molar-refractivity contribution in [3.63, 3.8) is 0 Å². The molecule has 84 valence electrons. The van der Waals surface area contributed by atoms with Gasteiger partial charge in [0.15, 0.2) is 0 Å². The van der Waals surface area contributed by atoms with Crippen LogP contribution in [0.15, 0.2) is 12.1 Å². The highest BCUT2D eigenvalue weighted by Gasteiger charge is 2.21. The van der Waals surface area contributed by atoms with Gasteiger partial charge in [-0.1, -0.05) is 18.5 Å². The van der Waals surface area contributed by atoms with Crippen LogP contribution in [0.1, 0.15) is 24.3 Å². The lowest BCUT2D eigenvalue weighted by molar-refractivity contribution is 0.172. The minimum absolute atomic E-state index is 0.560. The molecule has 15 heavy (non-hydrogen) atoms. The van der Waals surface area contributed by atoms with Crippen molar-refractivity contribution >= 4 is 22.9 Å². The van der Waals surface area contributed by atoms with E-state index in [1.165, 1.54) is 4.88 Å². The van der Waals surface area contributed by atoms with E-state index in [2.05, 4.69) is 23.2 Å².